The number of hydrogen-bond donors (Lipinski definition) is 3. The number of halogens is 6. The lowest BCUT2D eigenvalue weighted by molar-refractivity contribution is -0.274. The van der Waals surface area contributed by atoms with E-state index < -0.39 is 64.9 Å². The maximum Gasteiger partial charge on any atom is 0.573 e. The number of pyridine rings is 1. The normalized spacial score (nSPS) is 11.2. The number of nitrogens with zero attached hydrogens (tertiary/aromatic N) is 1. The summed E-state index contributed by atoms with van der Waals surface area (Å²) in [5, 5.41) is 12.2. The summed E-state index contributed by atoms with van der Waals surface area (Å²) in [5.41, 5.74) is 3.77. The van der Waals surface area contributed by atoms with Gasteiger partial charge in [-0.15, -0.1) is 13.2 Å². The molecule has 15 heteroatoms. The largest absolute Gasteiger partial charge is 0.573 e. The van der Waals surface area contributed by atoms with Gasteiger partial charge in [-0.25, -0.2) is 4.39 Å². The number of carbonyl (C=O) groups excluding carboxylic acids is 2. The van der Waals surface area contributed by atoms with Crippen LogP contribution in [0.5, 0.6) is 28.7 Å². The quantitative estimate of drug-likeness (QED) is 0.373. The Hall–Kier alpha value is -4.69. The summed E-state index contributed by atoms with van der Waals surface area (Å²) in [7, 11) is 0. The van der Waals surface area contributed by atoms with Crippen molar-refractivity contribution in [3.05, 3.63) is 65.7 Å². The molecular weight excluding hydrogens is 504 g/mol. The Kier molecular flexibility index (Phi) is 7.41. The number of anilines is 1. The van der Waals surface area contributed by atoms with Gasteiger partial charge in [-0.1, -0.05) is 0 Å². The van der Waals surface area contributed by atoms with E-state index in [2.05, 4.69) is 19.8 Å². The second-order valence-corrected chi connectivity index (χ2v) is 6.66. The van der Waals surface area contributed by atoms with E-state index in [0.29, 0.717) is 12.1 Å². The number of nitrogens with one attached hydrogen (secondary N) is 1. The highest BCUT2D eigenvalue weighted by Crippen LogP contribution is 2.39. The number of primary amides is 1. The van der Waals surface area contributed by atoms with E-state index in [1.165, 1.54) is 6.07 Å². The zero-order valence-electron chi connectivity index (χ0n) is 17.5. The lowest BCUT2D eigenvalue weighted by Gasteiger charge is -2.16. The van der Waals surface area contributed by atoms with Crippen molar-refractivity contribution >= 4 is 17.5 Å². The Morgan fingerprint density at radius 1 is 1.03 bits per heavy atom. The summed E-state index contributed by atoms with van der Waals surface area (Å²) in [6.07, 6.45) is -3.95. The summed E-state index contributed by atoms with van der Waals surface area (Å²) < 4.78 is 90.4. The van der Waals surface area contributed by atoms with Gasteiger partial charge in [0.05, 0.1) is 0 Å². The molecule has 0 unspecified atom stereocenters. The number of amides is 2. The van der Waals surface area contributed by atoms with Gasteiger partial charge in [0.25, 0.3) is 11.8 Å². The van der Waals surface area contributed by atoms with Crippen LogP contribution in [0.2, 0.25) is 0 Å². The number of nitrogens with two attached hydrogens (primary N) is 1. The number of ether oxygens (including phenoxy) is 3. The average Bonchev–Trinajstić information content (AvgIpc) is 2.76. The predicted octanol–water partition coefficient (Wildman–Crippen LogP) is 4.57. The number of carbonyl (C=O) groups is 2. The van der Waals surface area contributed by atoms with Crippen LogP contribution in [-0.2, 0) is 0 Å². The first-order valence-electron chi connectivity index (χ1n) is 9.45. The van der Waals surface area contributed by atoms with E-state index in [1.54, 1.807) is 0 Å². The van der Waals surface area contributed by atoms with Gasteiger partial charge in [0, 0.05) is 18.0 Å². The molecule has 0 spiro atoms. The van der Waals surface area contributed by atoms with E-state index in [-0.39, 0.29) is 11.4 Å². The molecule has 0 atom stereocenters. The van der Waals surface area contributed by atoms with Gasteiger partial charge >= 0.3 is 13.0 Å². The first-order valence-corrected chi connectivity index (χ1v) is 9.45. The van der Waals surface area contributed by atoms with E-state index in [1.807, 2.05) is 0 Å². The topological polar surface area (TPSA) is 133 Å². The summed E-state index contributed by atoms with van der Waals surface area (Å²) in [6.45, 7) is -3.45. The van der Waals surface area contributed by atoms with E-state index >= 15 is 4.39 Å². The van der Waals surface area contributed by atoms with Gasteiger partial charge in [0.15, 0.2) is 23.1 Å². The number of aromatic hydroxyl groups is 1. The van der Waals surface area contributed by atoms with Gasteiger partial charge in [0.2, 0.25) is 0 Å². The Morgan fingerprint density at radius 3 is 2.31 bits per heavy atom. The number of alkyl halides is 5. The van der Waals surface area contributed by atoms with Crippen molar-refractivity contribution in [3.8, 4) is 28.7 Å². The standard InChI is InChI=1S/C21H13F6N3O6/c22-17-15(35-20(23)24)4-3-14(34-13-2-1-10(8-12(13)31)36-21(25,26)27)16(17)19(33)30-9-5-6-29-11(7-9)18(28)32/h1-8,20,31H,(H2,28,32)(H,29,30,33). The van der Waals surface area contributed by atoms with Crippen LogP contribution in [0, 0.1) is 5.82 Å². The van der Waals surface area contributed by atoms with E-state index in [9.17, 15) is 36.6 Å². The molecule has 36 heavy (non-hydrogen) atoms. The SMILES string of the molecule is NC(=O)c1cc(NC(=O)c2c(Oc3ccc(OC(F)(F)F)cc3O)ccc(OC(F)F)c2F)ccn1. The van der Waals surface area contributed by atoms with Crippen LogP contribution in [0.25, 0.3) is 0 Å². The molecule has 1 aromatic heterocycles. The van der Waals surface area contributed by atoms with Crippen molar-refractivity contribution in [2.75, 3.05) is 5.32 Å². The molecule has 0 aliphatic carbocycles. The number of rotatable bonds is 8. The summed E-state index contributed by atoms with van der Waals surface area (Å²) in [5.74, 6) is -7.73. The third-order valence-electron chi connectivity index (χ3n) is 4.17. The van der Waals surface area contributed by atoms with Crippen LogP contribution in [0.3, 0.4) is 0 Å². The third-order valence-corrected chi connectivity index (χ3v) is 4.17. The number of phenols is 1. The lowest BCUT2D eigenvalue weighted by atomic mass is 10.1. The molecule has 2 amide bonds. The highest BCUT2D eigenvalue weighted by molar-refractivity contribution is 6.07. The van der Waals surface area contributed by atoms with Crippen LogP contribution >= 0.6 is 0 Å². The van der Waals surface area contributed by atoms with Crippen LogP contribution in [0.1, 0.15) is 20.8 Å². The molecule has 3 rings (SSSR count). The zero-order chi connectivity index (χ0) is 26.6. The molecule has 0 bridgehead atoms. The van der Waals surface area contributed by atoms with Crippen molar-refractivity contribution in [2.45, 2.75) is 13.0 Å². The van der Waals surface area contributed by atoms with Gasteiger partial charge in [-0.3, -0.25) is 14.6 Å². The van der Waals surface area contributed by atoms with Gasteiger partial charge in [0.1, 0.15) is 22.8 Å². The molecule has 190 valence electrons. The maximum atomic E-state index is 15.0. The molecule has 0 aliphatic rings. The fourth-order valence-electron chi connectivity index (χ4n) is 2.76. The first kappa shape index (κ1) is 25.9. The van der Waals surface area contributed by atoms with Crippen LogP contribution in [0.4, 0.5) is 32.0 Å². The lowest BCUT2D eigenvalue weighted by Crippen LogP contribution is -2.18. The molecule has 3 aromatic rings. The summed E-state index contributed by atoms with van der Waals surface area (Å²) in [6, 6.07) is 5.91. The molecule has 0 radical (unpaired) electrons. The molecule has 9 nitrogen and oxygen atoms in total. The third kappa shape index (κ3) is 6.46. The van der Waals surface area contributed by atoms with Crippen LogP contribution in [-0.4, -0.2) is 34.9 Å². The Morgan fingerprint density at radius 2 is 1.69 bits per heavy atom. The Balaban J connectivity index is 1.99. The fourth-order valence-corrected chi connectivity index (χ4v) is 2.76. The van der Waals surface area contributed by atoms with Crippen LogP contribution < -0.4 is 25.3 Å². The number of phenolic OH excluding ortho intramolecular Hbond substituents is 1. The molecule has 0 saturated carbocycles. The molecule has 0 aliphatic heterocycles. The van der Waals surface area contributed by atoms with Crippen molar-refractivity contribution in [2.24, 2.45) is 5.73 Å². The van der Waals surface area contributed by atoms with Gasteiger partial charge < -0.3 is 30.4 Å². The minimum Gasteiger partial charge on any atom is -0.504 e. The zero-order valence-corrected chi connectivity index (χ0v) is 17.5. The second kappa shape index (κ2) is 10.3. The fraction of sp³-hybridized carbons (Fsp3) is 0.0952. The summed E-state index contributed by atoms with van der Waals surface area (Å²) in [4.78, 5) is 27.8. The van der Waals surface area contributed by atoms with Crippen molar-refractivity contribution in [1.29, 1.82) is 0 Å². The minimum atomic E-state index is -5.05. The maximum absolute atomic E-state index is 15.0. The molecule has 1 heterocycles. The second-order valence-electron chi connectivity index (χ2n) is 6.66. The number of hydrogen-bond acceptors (Lipinski definition) is 7. The Bertz CT molecular complexity index is 1300. The van der Waals surface area contributed by atoms with Crippen molar-refractivity contribution in [3.63, 3.8) is 0 Å². The molecule has 2 aromatic carbocycles. The molecule has 4 N–H and O–H groups in total. The average molecular weight is 517 g/mol. The molecule has 0 saturated heterocycles. The van der Waals surface area contributed by atoms with Gasteiger partial charge in [-0.2, -0.15) is 8.78 Å². The van der Waals surface area contributed by atoms with Crippen LogP contribution in [0.15, 0.2) is 48.7 Å². The predicted molar refractivity (Wildman–Crippen MR) is 109 cm³/mol. The van der Waals surface area contributed by atoms with Crippen molar-refractivity contribution < 1.29 is 55.2 Å². The number of aromatic nitrogens is 1. The highest BCUT2D eigenvalue weighted by atomic mass is 19.4. The molecule has 0 fully saturated rings. The van der Waals surface area contributed by atoms with Crippen molar-refractivity contribution in [1.82, 2.24) is 4.98 Å². The minimum absolute atomic E-state index is 0.0918. The smallest absolute Gasteiger partial charge is 0.504 e. The van der Waals surface area contributed by atoms with Gasteiger partial charge in [-0.05, 0) is 36.4 Å². The van der Waals surface area contributed by atoms with E-state index in [4.69, 9.17) is 10.5 Å². The number of benzene rings is 2. The summed E-state index contributed by atoms with van der Waals surface area (Å²) >= 11 is 0. The highest BCUT2D eigenvalue weighted by Gasteiger charge is 2.31. The molecular formula is C21H13F6N3O6. The first-order chi connectivity index (χ1) is 16.8. The monoisotopic (exact) mass is 517 g/mol. The Labute approximate surface area is 197 Å². The van der Waals surface area contributed by atoms with E-state index in [0.717, 1.165) is 30.5 Å².